The number of hydrogen-bond donors (Lipinski definition) is 1. The molecule has 1 N–H and O–H groups in total. The highest BCUT2D eigenvalue weighted by molar-refractivity contribution is 7.18. The van der Waals surface area contributed by atoms with E-state index in [0.717, 1.165) is 21.7 Å². The highest BCUT2D eigenvalue weighted by Crippen LogP contribution is 2.27. The Morgan fingerprint density at radius 2 is 1.51 bits per heavy atom. The lowest BCUT2D eigenvalue weighted by molar-refractivity contribution is -0.116. The van der Waals surface area contributed by atoms with Crippen molar-refractivity contribution in [1.29, 1.82) is 0 Å². The molecule has 37 heavy (non-hydrogen) atoms. The van der Waals surface area contributed by atoms with Crippen LogP contribution in [0.2, 0.25) is 0 Å². The van der Waals surface area contributed by atoms with Crippen LogP contribution in [-0.2, 0) is 10.2 Å². The van der Waals surface area contributed by atoms with Crippen LogP contribution in [0.5, 0.6) is 0 Å². The topological polar surface area (TPSA) is 75.2 Å². The number of nitrogens with zero attached hydrogens (tertiary/aromatic N) is 3. The fourth-order valence-corrected chi connectivity index (χ4v) is 4.80. The fraction of sp³-hybridized carbons (Fsp3) is 0.267. The molecule has 3 aromatic carbocycles. The molecule has 1 aromatic heterocycles. The van der Waals surface area contributed by atoms with E-state index in [0.29, 0.717) is 10.7 Å². The van der Waals surface area contributed by atoms with E-state index in [9.17, 15) is 9.59 Å². The molecule has 190 valence electrons. The van der Waals surface area contributed by atoms with Crippen molar-refractivity contribution in [3.05, 3.63) is 102 Å². The van der Waals surface area contributed by atoms with Crippen LogP contribution in [0, 0.1) is 0 Å². The van der Waals surface area contributed by atoms with Crippen LogP contribution in [0.15, 0.2) is 84.9 Å². The minimum Gasteiger partial charge on any atom is -0.331 e. The minimum absolute atomic E-state index is 0.00173. The lowest BCUT2D eigenvalue weighted by Crippen LogP contribution is -2.36. The van der Waals surface area contributed by atoms with Crippen molar-refractivity contribution in [2.75, 3.05) is 11.9 Å². The van der Waals surface area contributed by atoms with Gasteiger partial charge in [0, 0.05) is 24.1 Å². The normalized spacial score (nSPS) is 12.1. The van der Waals surface area contributed by atoms with E-state index in [1.165, 1.54) is 11.3 Å². The molecule has 0 bridgehead atoms. The fourth-order valence-electron chi connectivity index (χ4n) is 4.04. The van der Waals surface area contributed by atoms with E-state index in [4.69, 9.17) is 0 Å². The van der Waals surface area contributed by atoms with E-state index in [1.807, 2.05) is 91.9 Å². The predicted octanol–water partition coefficient (Wildman–Crippen LogP) is 6.73. The van der Waals surface area contributed by atoms with Crippen LogP contribution >= 0.6 is 11.3 Å². The number of nitrogens with one attached hydrogen (secondary N) is 1. The molecule has 0 saturated carbocycles. The van der Waals surface area contributed by atoms with Gasteiger partial charge in [-0.3, -0.25) is 9.59 Å². The zero-order valence-corrected chi connectivity index (χ0v) is 22.5. The molecule has 1 atom stereocenters. The second kappa shape index (κ2) is 11.5. The van der Waals surface area contributed by atoms with Crippen LogP contribution in [0.25, 0.3) is 10.6 Å². The largest absolute Gasteiger partial charge is 0.331 e. The highest BCUT2D eigenvalue weighted by Gasteiger charge is 2.24. The number of hydrogen-bond acceptors (Lipinski definition) is 5. The SMILES string of the molecule is CC(c1ccccc1)N(CCC(=O)Nc1nnc(-c2ccccc2)s1)C(=O)c1ccc(C(C)(C)C)cc1. The maximum atomic E-state index is 13.6. The van der Waals surface area contributed by atoms with Gasteiger partial charge in [-0.05, 0) is 35.6 Å². The summed E-state index contributed by atoms with van der Waals surface area (Å²) in [6.07, 6.45) is 0.142. The molecular formula is C30H32N4O2S. The van der Waals surface area contributed by atoms with Crippen LogP contribution in [0.3, 0.4) is 0 Å². The molecule has 7 heteroatoms. The molecule has 0 aliphatic heterocycles. The molecule has 4 aromatic rings. The summed E-state index contributed by atoms with van der Waals surface area (Å²) in [6, 6.07) is 27.1. The van der Waals surface area contributed by atoms with Gasteiger partial charge in [-0.2, -0.15) is 0 Å². The Labute approximate surface area is 222 Å². The van der Waals surface area contributed by atoms with Crippen molar-refractivity contribution in [1.82, 2.24) is 15.1 Å². The summed E-state index contributed by atoms with van der Waals surface area (Å²) in [6.45, 7) is 8.70. The van der Waals surface area contributed by atoms with Crippen LogP contribution in [-0.4, -0.2) is 33.5 Å². The predicted molar refractivity (Wildman–Crippen MR) is 150 cm³/mol. The molecule has 6 nitrogen and oxygen atoms in total. The molecule has 0 aliphatic rings. The number of aromatic nitrogens is 2. The average Bonchev–Trinajstić information content (AvgIpc) is 3.37. The van der Waals surface area contributed by atoms with Gasteiger partial charge in [0.25, 0.3) is 5.91 Å². The molecular weight excluding hydrogens is 480 g/mol. The van der Waals surface area contributed by atoms with Crippen molar-refractivity contribution in [2.24, 2.45) is 0 Å². The number of anilines is 1. The summed E-state index contributed by atoms with van der Waals surface area (Å²) in [4.78, 5) is 28.2. The molecule has 2 amide bonds. The number of amides is 2. The lowest BCUT2D eigenvalue weighted by atomic mass is 9.86. The lowest BCUT2D eigenvalue weighted by Gasteiger charge is -2.30. The monoisotopic (exact) mass is 512 g/mol. The number of carbonyl (C=O) groups excluding carboxylic acids is 2. The molecule has 1 heterocycles. The molecule has 4 rings (SSSR count). The van der Waals surface area contributed by atoms with Gasteiger partial charge in [0.1, 0.15) is 5.01 Å². The Balaban J connectivity index is 1.47. The first-order chi connectivity index (χ1) is 17.7. The van der Waals surface area contributed by atoms with Crippen LogP contribution < -0.4 is 5.32 Å². The van der Waals surface area contributed by atoms with Crippen molar-refractivity contribution < 1.29 is 9.59 Å². The van der Waals surface area contributed by atoms with Crippen molar-refractivity contribution >= 4 is 28.3 Å². The number of benzene rings is 3. The number of rotatable bonds is 8. The van der Waals surface area contributed by atoms with E-state index in [2.05, 4.69) is 36.3 Å². The van der Waals surface area contributed by atoms with Gasteiger partial charge in [0.05, 0.1) is 6.04 Å². The molecule has 0 aliphatic carbocycles. The van der Waals surface area contributed by atoms with Crippen LogP contribution in [0.4, 0.5) is 5.13 Å². The Kier molecular flexibility index (Phi) is 8.14. The third kappa shape index (κ3) is 6.68. The van der Waals surface area contributed by atoms with Crippen molar-refractivity contribution in [2.45, 2.75) is 45.6 Å². The Bertz CT molecular complexity index is 1330. The first kappa shape index (κ1) is 26.2. The summed E-state index contributed by atoms with van der Waals surface area (Å²) >= 11 is 1.32. The second-order valence-corrected chi connectivity index (χ2v) is 11.0. The summed E-state index contributed by atoms with van der Waals surface area (Å²) in [7, 11) is 0. The van der Waals surface area contributed by atoms with Gasteiger partial charge < -0.3 is 10.2 Å². The second-order valence-electron chi connectivity index (χ2n) is 9.99. The van der Waals surface area contributed by atoms with E-state index in [1.54, 1.807) is 4.90 Å². The quantitative estimate of drug-likeness (QED) is 0.284. The Morgan fingerprint density at radius 1 is 0.892 bits per heavy atom. The van der Waals surface area contributed by atoms with Gasteiger partial charge in [0.15, 0.2) is 0 Å². The first-order valence-corrected chi connectivity index (χ1v) is 13.2. The molecule has 1 unspecified atom stereocenters. The van der Waals surface area contributed by atoms with Crippen LogP contribution in [0.1, 0.15) is 61.6 Å². The van der Waals surface area contributed by atoms with E-state index in [-0.39, 0.29) is 36.2 Å². The molecule has 0 spiro atoms. The maximum Gasteiger partial charge on any atom is 0.254 e. The highest BCUT2D eigenvalue weighted by atomic mass is 32.1. The number of carbonyl (C=O) groups is 2. The van der Waals surface area contributed by atoms with Gasteiger partial charge in [-0.1, -0.05) is 105 Å². The minimum atomic E-state index is -0.211. The van der Waals surface area contributed by atoms with E-state index >= 15 is 0 Å². The average molecular weight is 513 g/mol. The van der Waals surface area contributed by atoms with Gasteiger partial charge in [-0.15, -0.1) is 10.2 Å². The summed E-state index contributed by atoms with van der Waals surface area (Å²) in [5.74, 6) is -0.316. The standard InChI is InChI=1S/C30H32N4O2S/c1-21(22-11-7-5-8-12-22)34(28(36)24-15-17-25(18-16-24)30(2,3)4)20-19-26(35)31-29-33-32-27(37-29)23-13-9-6-10-14-23/h5-18,21H,19-20H2,1-4H3,(H,31,33,35). The van der Waals surface area contributed by atoms with Crippen molar-refractivity contribution in [3.8, 4) is 10.6 Å². The third-order valence-electron chi connectivity index (χ3n) is 6.28. The van der Waals surface area contributed by atoms with Gasteiger partial charge in [0.2, 0.25) is 11.0 Å². The van der Waals surface area contributed by atoms with Gasteiger partial charge in [-0.25, -0.2) is 0 Å². The molecule has 0 fully saturated rings. The maximum absolute atomic E-state index is 13.6. The Hall–Kier alpha value is -3.84. The third-order valence-corrected chi connectivity index (χ3v) is 7.17. The Morgan fingerprint density at radius 3 is 2.14 bits per heavy atom. The smallest absolute Gasteiger partial charge is 0.254 e. The first-order valence-electron chi connectivity index (χ1n) is 12.4. The molecule has 0 saturated heterocycles. The zero-order chi connectivity index (χ0) is 26.4. The zero-order valence-electron chi connectivity index (χ0n) is 21.6. The van der Waals surface area contributed by atoms with E-state index < -0.39 is 0 Å². The molecule has 0 radical (unpaired) electrons. The van der Waals surface area contributed by atoms with Crippen molar-refractivity contribution in [3.63, 3.8) is 0 Å². The summed E-state index contributed by atoms with van der Waals surface area (Å²) < 4.78 is 0. The summed E-state index contributed by atoms with van der Waals surface area (Å²) in [5.41, 5.74) is 3.73. The van der Waals surface area contributed by atoms with Gasteiger partial charge >= 0.3 is 0 Å². The summed E-state index contributed by atoms with van der Waals surface area (Å²) in [5, 5.41) is 12.3.